The molecule has 7 nitrogen and oxygen atoms in total. The van der Waals surface area contributed by atoms with Crippen LogP contribution < -0.4 is 10.9 Å². The number of unbranched alkanes of at least 4 members (excludes halogenated alkanes) is 24. The second kappa shape index (κ2) is 34.6. The monoisotopic (exact) mass is 620 g/mol. The molecule has 0 rings (SSSR count). The Kier molecular flexibility index (Phi) is 35.6. The van der Waals surface area contributed by atoms with Gasteiger partial charge in [0.25, 0.3) is 0 Å². The molecule has 0 aliphatic rings. The Morgan fingerprint density at radius 3 is 0.952 bits per heavy atom. The number of hydrazine groups is 2. The smallest absolute Gasteiger partial charge is 0.235 e. The Labute approximate surface area is 266 Å². The second-order valence-corrected chi connectivity index (χ2v) is 12.1. The first-order valence-corrected chi connectivity index (χ1v) is 17.7. The van der Waals surface area contributed by atoms with Gasteiger partial charge in [-0.25, -0.2) is 0 Å². The summed E-state index contributed by atoms with van der Waals surface area (Å²) in [4.78, 5) is 24.7. The fourth-order valence-corrected chi connectivity index (χ4v) is 5.30. The normalized spacial score (nSPS) is 11.2. The average molecular weight is 620 g/mol. The highest BCUT2D eigenvalue weighted by Crippen LogP contribution is 2.14. The maximum Gasteiger partial charge on any atom is 0.235 e. The first-order valence-electron chi connectivity index (χ1n) is 17.7. The van der Waals surface area contributed by atoms with Crippen molar-refractivity contribution in [1.82, 2.24) is 16.0 Å². The van der Waals surface area contributed by atoms with Crippen LogP contribution in [-0.2, 0) is 9.59 Å². The molecule has 8 heteroatoms. The van der Waals surface area contributed by atoms with Crippen LogP contribution in [0.3, 0.4) is 0 Å². The van der Waals surface area contributed by atoms with Gasteiger partial charge in [-0.1, -0.05) is 168 Å². The molecule has 0 saturated heterocycles. The number of amides is 2. The minimum absolute atomic E-state index is 0. The number of nitrogens with one attached hydrogen (secondary N) is 2. The molecule has 0 bridgehead atoms. The number of nitrogens with zero attached hydrogens (tertiary/aromatic N) is 1. The van der Waals surface area contributed by atoms with E-state index in [1.165, 1.54) is 128 Å². The highest BCUT2D eigenvalue weighted by Gasteiger charge is 2.15. The molecule has 0 aromatic carbocycles. The fourth-order valence-electron chi connectivity index (χ4n) is 5.30. The number of carbonyl (C=O) groups excluding carboxylic acids is 2. The van der Waals surface area contributed by atoms with Gasteiger partial charge in [-0.2, -0.15) is 0 Å². The highest BCUT2D eigenvalue weighted by atomic mass is 35.5. The van der Waals surface area contributed by atoms with Gasteiger partial charge in [0.1, 0.15) is 0 Å². The first kappa shape index (κ1) is 43.2. The molecule has 2 amide bonds. The Balaban J connectivity index is 0. The number of hydrogen-bond donors (Lipinski definition) is 4. The average Bonchev–Trinajstić information content (AvgIpc) is 2.93. The van der Waals surface area contributed by atoms with Gasteiger partial charge in [-0.3, -0.25) is 20.4 Å². The van der Waals surface area contributed by atoms with Crippen molar-refractivity contribution >= 4 is 24.2 Å². The number of hydrogen-bond acceptors (Lipinski definition) is 5. The van der Waals surface area contributed by atoms with E-state index in [1.54, 1.807) is 0 Å². The zero-order valence-corrected chi connectivity index (χ0v) is 28.5. The Morgan fingerprint density at radius 2 is 0.714 bits per heavy atom. The zero-order valence-electron chi connectivity index (χ0n) is 27.6. The van der Waals surface area contributed by atoms with Gasteiger partial charge in [0.05, 0.1) is 6.54 Å². The van der Waals surface area contributed by atoms with E-state index in [4.69, 9.17) is 0 Å². The lowest BCUT2D eigenvalue weighted by atomic mass is 10.0. The third kappa shape index (κ3) is 33.6. The molecule has 0 heterocycles. The van der Waals surface area contributed by atoms with Gasteiger partial charge in [-0.15, -0.1) is 17.5 Å². The summed E-state index contributed by atoms with van der Waals surface area (Å²) in [5.74, 6) is -0.426. The first-order chi connectivity index (χ1) is 20.0. The summed E-state index contributed by atoms with van der Waals surface area (Å²) in [7, 11) is 0. The predicted molar refractivity (Wildman–Crippen MR) is 179 cm³/mol. The summed E-state index contributed by atoms with van der Waals surface area (Å²) in [6.45, 7) is 4.24. The molecule has 4 N–H and O–H groups in total. The lowest BCUT2D eigenvalue weighted by molar-refractivity contribution is -0.140. The van der Waals surface area contributed by atoms with E-state index >= 15 is 0 Å². The van der Waals surface area contributed by atoms with Crippen molar-refractivity contribution in [2.75, 3.05) is 6.54 Å². The largest absolute Gasteiger partial charge is 0.367 e. The van der Waals surface area contributed by atoms with Crippen LogP contribution in [0, 0.1) is 0 Å². The molecule has 0 aromatic heterocycles. The van der Waals surface area contributed by atoms with E-state index in [0.717, 1.165) is 43.6 Å². The Bertz CT molecular complexity index is 537. The van der Waals surface area contributed by atoms with E-state index < -0.39 is 6.29 Å². The minimum Gasteiger partial charge on any atom is -0.367 e. The molecule has 0 aliphatic carbocycles. The van der Waals surface area contributed by atoms with E-state index in [1.807, 2.05) is 0 Å². The van der Waals surface area contributed by atoms with Gasteiger partial charge in [0.15, 0.2) is 6.29 Å². The van der Waals surface area contributed by atoms with Crippen LogP contribution in [0.15, 0.2) is 0 Å². The molecular formula is C34H70ClN3O4. The van der Waals surface area contributed by atoms with Crippen molar-refractivity contribution < 1.29 is 19.8 Å². The van der Waals surface area contributed by atoms with Crippen LogP contribution in [0.5, 0.6) is 0 Å². The summed E-state index contributed by atoms with van der Waals surface area (Å²) in [5, 5.41) is 19.8. The van der Waals surface area contributed by atoms with E-state index in [2.05, 4.69) is 24.7 Å². The SMILES string of the molecule is CCCCCCCCCCCCCCCC(=O)NN(CC(O)O)NC(=O)CCCCCCCCCCCCCCC.Cl. The number of halogens is 1. The number of rotatable bonds is 32. The molecule has 0 aliphatic heterocycles. The molecule has 0 aromatic rings. The summed E-state index contributed by atoms with van der Waals surface area (Å²) < 4.78 is 0. The molecule has 42 heavy (non-hydrogen) atoms. The van der Waals surface area contributed by atoms with Crippen molar-refractivity contribution in [2.45, 2.75) is 200 Å². The summed E-state index contributed by atoms with van der Waals surface area (Å²) >= 11 is 0. The maximum atomic E-state index is 12.3. The van der Waals surface area contributed by atoms with Gasteiger partial charge in [-0.05, 0) is 12.8 Å². The van der Waals surface area contributed by atoms with Gasteiger partial charge >= 0.3 is 0 Å². The van der Waals surface area contributed by atoms with Crippen LogP contribution in [0.2, 0.25) is 0 Å². The van der Waals surface area contributed by atoms with E-state index in [9.17, 15) is 19.8 Å². The summed E-state index contributed by atoms with van der Waals surface area (Å²) in [5.41, 5.74) is 5.23. The standard InChI is InChI=1S/C34H69N3O4.ClH/c1-3-5-7-9-11-13-15-17-19-21-23-25-27-29-32(38)35-37(31-34(40)41)36-33(39)30-28-26-24-22-20-18-16-14-12-10-8-6-4-2;/h34,40-41H,3-31H2,1-2H3,(H,35,38)(H,36,39);1H. The zero-order chi connectivity index (χ0) is 30.2. The van der Waals surface area contributed by atoms with E-state index in [0.29, 0.717) is 12.8 Å². The Hall–Kier alpha value is -0.890. The quantitative estimate of drug-likeness (QED) is 0.0342. The van der Waals surface area contributed by atoms with Crippen molar-refractivity contribution in [1.29, 1.82) is 0 Å². The maximum absolute atomic E-state index is 12.3. The molecule has 0 atom stereocenters. The number of carbonyl (C=O) groups is 2. The van der Waals surface area contributed by atoms with Crippen LogP contribution in [0.4, 0.5) is 0 Å². The molecule has 0 unspecified atom stereocenters. The summed E-state index contributed by atoms with van der Waals surface area (Å²) in [6.07, 6.45) is 31.6. The molecule has 0 spiro atoms. The van der Waals surface area contributed by atoms with Crippen LogP contribution >= 0.6 is 12.4 Å². The lowest BCUT2D eigenvalue weighted by Gasteiger charge is -2.24. The third-order valence-electron chi connectivity index (χ3n) is 7.88. The Morgan fingerprint density at radius 1 is 0.476 bits per heavy atom. The fraction of sp³-hybridized carbons (Fsp3) is 0.941. The van der Waals surface area contributed by atoms with Crippen molar-refractivity contribution in [3.8, 4) is 0 Å². The second-order valence-electron chi connectivity index (χ2n) is 12.1. The topological polar surface area (TPSA) is 102 Å². The van der Waals surface area contributed by atoms with E-state index in [-0.39, 0.29) is 30.8 Å². The van der Waals surface area contributed by atoms with Gasteiger partial charge in [0, 0.05) is 12.8 Å². The molecule has 0 fully saturated rings. The molecule has 0 radical (unpaired) electrons. The number of aliphatic hydroxyl groups is 2. The predicted octanol–water partition coefficient (Wildman–Crippen LogP) is 9.05. The molecule has 0 saturated carbocycles. The van der Waals surface area contributed by atoms with Crippen LogP contribution in [0.25, 0.3) is 0 Å². The summed E-state index contributed by atoms with van der Waals surface area (Å²) in [6, 6.07) is 0. The lowest BCUT2D eigenvalue weighted by Crippen LogP contribution is -2.55. The van der Waals surface area contributed by atoms with Gasteiger partial charge in [0.2, 0.25) is 11.8 Å². The van der Waals surface area contributed by atoms with Crippen LogP contribution in [0.1, 0.15) is 194 Å². The van der Waals surface area contributed by atoms with Crippen LogP contribution in [-0.4, -0.2) is 40.0 Å². The highest BCUT2D eigenvalue weighted by molar-refractivity contribution is 5.85. The van der Waals surface area contributed by atoms with Crippen molar-refractivity contribution in [3.05, 3.63) is 0 Å². The van der Waals surface area contributed by atoms with Crippen molar-refractivity contribution in [2.24, 2.45) is 0 Å². The number of aliphatic hydroxyl groups excluding tert-OH is 1. The minimum atomic E-state index is -1.65. The van der Waals surface area contributed by atoms with Gasteiger partial charge < -0.3 is 10.2 Å². The van der Waals surface area contributed by atoms with Crippen molar-refractivity contribution in [3.63, 3.8) is 0 Å². The molecular weight excluding hydrogens is 550 g/mol. The molecule has 252 valence electrons. The third-order valence-corrected chi connectivity index (χ3v) is 7.88.